The maximum absolute atomic E-state index is 13.6. The van der Waals surface area contributed by atoms with Gasteiger partial charge in [0.05, 0.1) is 6.10 Å². The van der Waals surface area contributed by atoms with Gasteiger partial charge in [0.15, 0.2) is 5.16 Å². The summed E-state index contributed by atoms with van der Waals surface area (Å²) in [6.45, 7) is 5.23. The van der Waals surface area contributed by atoms with Crippen molar-refractivity contribution in [2.75, 3.05) is 0 Å². The zero-order valence-corrected chi connectivity index (χ0v) is 11.8. The number of rotatable bonds is 3. The summed E-state index contributed by atoms with van der Waals surface area (Å²) in [5.74, 6) is -0.315. The Hall–Kier alpha value is -1.46. The van der Waals surface area contributed by atoms with Crippen LogP contribution in [0.25, 0.3) is 0 Å². The summed E-state index contributed by atoms with van der Waals surface area (Å²) in [7, 11) is 0. The maximum atomic E-state index is 13.6. The van der Waals surface area contributed by atoms with Crippen LogP contribution in [0.1, 0.15) is 29.7 Å². The number of aromatic nitrogens is 2. The van der Waals surface area contributed by atoms with E-state index in [9.17, 15) is 9.50 Å². The fourth-order valence-electron chi connectivity index (χ4n) is 1.62. The average Bonchev–Trinajstić information content (AvgIpc) is 2.36. The lowest BCUT2D eigenvalue weighted by atomic mass is 10.1. The molecule has 0 aliphatic carbocycles. The van der Waals surface area contributed by atoms with E-state index in [1.54, 1.807) is 32.3 Å². The molecule has 100 valence electrons. The van der Waals surface area contributed by atoms with Gasteiger partial charge in [-0.1, -0.05) is 0 Å². The topological polar surface area (TPSA) is 46.0 Å². The number of halogens is 1. The third-order valence-corrected chi connectivity index (χ3v) is 3.67. The van der Waals surface area contributed by atoms with Crippen molar-refractivity contribution < 1.29 is 9.50 Å². The summed E-state index contributed by atoms with van der Waals surface area (Å²) >= 11 is 1.33. The number of aliphatic hydroxyl groups is 1. The Morgan fingerprint density at radius 2 is 1.84 bits per heavy atom. The highest BCUT2D eigenvalue weighted by atomic mass is 32.2. The van der Waals surface area contributed by atoms with E-state index >= 15 is 0 Å². The number of hydrogen-bond acceptors (Lipinski definition) is 4. The molecule has 1 aromatic heterocycles. The third kappa shape index (κ3) is 3.30. The lowest BCUT2D eigenvalue weighted by molar-refractivity contribution is 0.196. The van der Waals surface area contributed by atoms with Gasteiger partial charge in [-0.25, -0.2) is 14.4 Å². The Morgan fingerprint density at radius 3 is 2.42 bits per heavy atom. The molecule has 3 nitrogen and oxygen atoms in total. The molecular weight excluding hydrogens is 263 g/mol. The second-order valence-corrected chi connectivity index (χ2v) is 5.47. The molecule has 0 saturated carbocycles. The molecule has 0 unspecified atom stereocenters. The first-order chi connectivity index (χ1) is 8.97. The van der Waals surface area contributed by atoms with Crippen molar-refractivity contribution in [2.45, 2.75) is 36.9 Å². The van der Waals surface area contributed by atoms with E-state index < -0.39 is 6.10 Å². The SMILES string of the molecule is Cc1cnc(Sc2cc(C)c(F)cc2[C@@H](C)O)nc1. The normalized spacial score (nSPS) is 12.5. The number of benzene rings is 1. The Bertz CT molecular complexity index is 585. The highest BCUT2D eigenvalue weighted by Gasteiger charge is 2.13. The van der Waals surface area contributed by atoms with Crippen molar-refractivity contribution in [2.24, 2.45) is 0 Å². The Kier molecular flexibility index (Phi) is 4.17. The van der Waals surface area contributed by atoms with Gasteiger partial charge in [0.2, 0.25) is 0 Å². The van der Waals surface area contributed by atoms with Crippen molar-refractivity contribution >= 4 is 11.8 Å². The van der Waals surface area contributed by atoms with E-state index in [2.05, 4.69) is 9.97 Å². The van der Waals surface area contributed by atoms with Crippen molar-refractivity contribution in [1.29, 1.82) is 0 Å². The minimum Gasteiger partial charge on any atom is -0.389 e. The highest BCUT2D eigenvalue weighted by molar-refractivity contribution is 7.99. The van der Waals surface area contributed by atoms with Crippen molar-refractivity contribution in [3.63, 3.8) is 0 Å². The quantitative estimate of drug-likeness (QED) is 0.874. The first kappa shape index (κ1) is 14.0. The van der Waals surface area contributed by atoms with Gasteiger partial charge in [0, 0.05) is 17.3 Å². The smallest absolute Gasteiger partial charge is 0.192 e. The second-order valence-electron chi connectivity index (χ2n) is 4.46. The van der Waals surface area contributed by atoms with Gasteiger partial charge in [-0.2, -0.15) is 0 Å². The summed E-state index contributed by atoms with van der Waals surface area (Å²) < 4.78 is 13.6. The molecule has 2 aromatic rings. The molecule has 2 rings (SSSR count). The Morgan fingerprint density at radius 1 is 1.21 bits per heavy atom. The predicted octanol–water partition coefficient (Wildman–Crippen LogP) is 3.44. The van der Waals surface area contributed by atoms with E-state index in [4.69, 9.17) is 0 Å². The van der Waals surface area contributed by atoms with Crippen LogP contribution < -0.4 is 0 Å². The standard InChI is InChI=1S/C14H15FN2OS/c1-8-6-16-14(17-7-8)19-13-4-9(2)12(15)5-11(13)10(3)18/h4-7,10,18H,1-3H3/t10-/m1/s1. The molecule has 1 heterocycles. The molecule has 1 aromatic carbocycles. The van der Waals surface area contributed by atoms with Crippen molar-refractivity contribution in [3.8, 4) is 0 Å². The molecule has 0 saturated heterocycles. The van der Waals surface area contributed by atoms with Crippen LogP contribution in [0.3, 0.4) is 0 Å². The summed E-state index contributed by atoms with van der Waals surface area (Å²) in [5.41, 5.74) is 2.08. The van der Waals surface area contributed by atoms with Gasteiger partial charge in [-0.3, -0.25) is 0 Å². The van der Waals surface area contributed by atoms with E-state index in [1.807, 2.05) is 6.92 Å². The molecule has 0 spiro atoms. The molecule has 0 bridgehead atoms. The van der Waals surface area contributed by atoms with Gasteiger partial charge in [-0.15, -0.1) is 0 Å². The van der Waals surface area contributed by atoms with Crippen LogP contribution >= 0.6 is 11.8 Å². The van der Waals surface area contributed by atoms with E-state index in [1.165, 1.54) is 17.8 Å². The minimum absolute atomic E-state index is 0.315. The van der Waals surface area contributed by atoms with Crippen molar-refractivity contribution in [3.05, 3.63) is 47.0 Å². The van der Waals surface area contributed by atoms with E-state index in [-0.39, 0.29) is 5.82 Å². The zero-order valence-electron chi connectivity index (χ0n) is 11.0. The molecule has 1 atom stereocenters. The van der Waals surface area contributed by atoms with Crippen LogP contribution in [0, 0.1) is 19.7 Å². The molecule has 0 fully saturated rings. The van der Waals surface area contributed by atoms with Crippen LogP contribution in [0.4, 0.5) is 4.39 Å². The summed E-state index contributed by atoms with van der Waals surface area (Å²) in [5, 5.41) is 10.3. The number of aliphatic hydroxyl groups excluding tert-OH is 1. The predicted molar refractivity (Wildman–Crippen MR) is 72.7 cm³/mol. The molecular formula is C14H15FN2OS. The zero-order chi connectivity index (χ0) is 14.0. The Balaban J connectivity index is 2.38. The second kappa shape index (κ2) is 5.67. The van der Waals surface area contributed by atoms with E-state index in [0.717, 1.165) is 10.5 Å². The largest absolute Gasteiger partial charge is 0.389 e. The third-order valence-electron chi connectivity index (χ3n) is 2.70. The number of nitrogens with zero attached hydrogens (tertiary/aromatic N) is 2. The molecule has 1 N–H and O–H groups in total. The molecule has 0 amide bonds. The van der Waals surface area contributed by atoms with Crippen LogP contribution in [0.5, 0.6) is 0 Å². The van der Waals surface area contributed by atoms with Gasteiger partial charge in [0.25, 0.3) is 0 Å². The fourth-order valence-corrected chi connectivity index (χ4v) is 2.61. The summed E-state index contributed by atoms with van der Waals surface area (Å²) in [6, 6.07) is 3.09. The molecule has 0 radical (unpaired) electrons. The summed E-state index contributed by atoms with van der Waals surface area (Å²) in [6.07, 6.45) is 2.73. The highest BCUT2D eigenvalue weighted by Crippen LogP contribution is 2.33. The molecule has 5 heteroatoms. The van der Waals surface area contributed by atoms with E-state index in [0.29, 0.717) is 16.3 Å². The van der Waals surface area contributed by atoms with Crippen LogP contribution in [-0.2, 0) is 0 Å². The number of aryl methyl sites for hydroxylation is 2. The minimum atomic E-state index is -0.733. The van der Waals surface area contributed by atoms with Crippen LogP contribution in [0.15, 0.2) is 34.6 Å². The lowest BCUT2D eigenvalue weighted by Crippen LogP contribution is -1.98. The first-order valence-corrected chi connectivity index (χ1v) is 6.73. The van der Waals surface area contributed by atoms with Gasteiger partial charge in [0.1, 0.15) is 5.82 Å². The van der Waals surface area contributed by atoms with Crippen LogP contribution in [0.2, 0.25) is 0 Å². The van der Waals surface area contributed by atoms with Gasteiger partial charge >= 0.3 is 0 Å². The average molecular weight is 278 g/mol. The monoisotopic (exact) mass is 278 g/mol. The van der Waals surface area contributed by atoms with Gasteiger partial charge < -0.3 is 5.11 Å². The molecule has 19 heavy (non-hydrogen) atoms. The molecule has 0 aliphatic rings. The van der Waals surface area contributed by atoms with Crippen molar-refractivity contribution in [1.82, 2.24) is 9.97 Å². The summed E-state index contributed by atoms with van der Waals surface area (Å²) in [4.78, 5) is 9.18. The van der Waals surface area contributed by atoms with Crippen LogP contribution in [-0.4, -0.2) is 15.1 Å². The Labute approximate surface area is 115 Å². The fraction of sp³-hybridized carbons (Fsp3) is 0.286. The number of hydrogen-bond donors (Lipinski definition) is 1. The lowest BCUT2D eigenvalue weighted by Gasteiger charge is -2.12. The maximum Gasteiger partial charge on any atom is 0.192 e. The first-order valence-electron chi connectivity index (χ1n) is 5.92. The van der Waals surface area contributed by atoms with Gasteiger partial charge in [-0.05, 0) is 61.4 Å². The molecule has 0 aliphatic heterocycles.